The number of nitrogens with zero attached hydrogens (tertiary/aromatic N) is 3. The molecule has 21 heavy (non-hydrogen) atoms. The number of nitrogens with one attached hydrogen (secondary N) is 1. The molecule has 0 unspecified atom stereocenters. The van der Waals surface area contributed by atoms with Crippen LogP contribution in [0.25, 0.3) is 0 Å². The molecule has 0 aliphatic carbocycles. The van der Waals surface area contributed by atoms with Crippen LogP contribution >= 0.6 is 23.2 Å². The van der Waals surface area contributed by atoms with Crippen molar-refractivity contribution in [2.75, 3.05) is 19.0 Å². The van der Waals surface area contributed by atoms with Crippen LogP contribution in [-0.2, 0) is 0 Å². The predicted octanol–water partition coefficient (Wildman–Crippen LogP) is 3.72. The Morgan fingerprint density at radius 1 is 1.19 bits per heavy atom. The smallest absolute Gasteiger partial charge is 0.322 e. The minimum absolute atomic E-state index is 0.0539. The third kappa shape index (κ3) is 4.34. The first-order valence-electron chi connectivity index (χ1n) is 6.27. The second kappa shape index (κ2) is 7.28. The van der Waals surface area contributed by atoms with Crippen molar-refractivity contribution < 1.29 is 9.47 Å². The highest BCUT2D eigenvalue weighted by Crippen LogP contribution is 2.28. The summed E-state index contributed by atoms with van der Waals surface area (Å²) in [6, 6.07) is 5.40. The summed E-state index contributed by atoms with van der Waals surface area (Å²) >= 11 is 11.9. The van der Waals surface area contributed by atoms with E-state index in [-0.39, 0.29) is 17.2 Å². The van der Waals surface area contributed by atoms with Crippen molar-refractivity contribution in [3.05, 3.63) is 28.5 Å². The Bertz CT molecular complexity index is 625. The molecule has 0 aliphatic heterocycles. The molecule has 1 heterocycles. The van der Waals surface area contributed by atoms with Crippen molar-refractivity contribution in [3.63, 3.8) is 0 Å². The van der Waals surface area contributed by atoms with Gasteiger partial charge in [-0.3, -0.25) is 0 Å². The Labute approximate surface area is 132 Å². The molecule has 0 amide bonds. The van der Waals surface area contributed by atoms with Gasteiger partial charge in [0.1, 0.15) is 5.75 Å². The van der Waals surface area contributed by atoms with Crippen molar-refractivity contribution in [2.24, 2.45) is 0 Å². The normalized spacial score (nSPS) is 10.3. The van der Waals surface area contributed by atoms with E-state index in [0.29, 0.717) is 23.1 Å². The number of ether oxygens (including phenoxy) is 2. The SMILES string of the molecule is CCCOc1nc(Cl)nc(Nc2ccc(OC)c(Cl)c2)n1. The molecule has 2 aromatic rings. The van der Waals surface area contributed by atoms with E-state index in [1.54, 1.807) is 25.3 Å². The van der Waals surface area contributed by atoms with Gasteiger partial charge in [-0.15, -0.1) is 0 Å². The van der Waals surface area contributed by atoms with E-state index >= 15 is 0 Å². The topological polar surface area (TPSA) is 69.2 Å². The molecule has 0 saturated heterocycles. The van der Waals surface area contributed by atoms with Crippen LogP contribution in [0.15, 0.2) is 18.2 Å². The van der Waals surface area contributed by atoms with Crippen LogP contribution < -0.4 is 14.8 Å². The molecular weight excluding hydrogens is 315 g/mol. The Morgan fingerprint density at radius 2 is 2.00 bits per heavy atom. The van der Waals surface area contributed by atoms with E-state index in [9.17, 15) is 0 Å². The largest absolute Gasteiger partial charge is 0.495 e. The lowest BCUT2D eigenvalue weighted by atomic mass is 10.3. The Balaban J connectivity index is 2.18. The first-order valence-corrected chi connectivity index (χ1v) is 7.03. The summed E-state index contributed by atoms with van der Waals surface area (Å²) in [4.78, 5) is 12.0. The van der Waals surface area contributed by atoms with E-state index in [1.165, 1.54) is 0 Å². The number of hydrogen-bond acceptors (Lipinski definition) is 6. The van der Waals surface area contributed by atoms with E-state index in [4.69, 9.17) is 32.7 Å². The number of aromatic nitrogens is 3. The highest BCUT2D eigenvalue weighted by atomic mass is 35.5. The van der Waals surface area contributed by atoms with Gasteiger partial charge >= 0.3 is 6.01 Å². The highest BCUT2D eigenvalue weighted by Gasteiger charge is 2.08. The molecule has 0 atom stereocenters. The van der Waals surface area contributed by atoms with Crippen LogP contribution in [0.3, 0.4) is 0 Å². The third-order valence-electron chi connectivity index (χ3n) is 2.43. The molecule has 0 fully saturated rings. The Morgan fingerprint density at radius 3 is 2.67 bits per heavy atom. The molecule has 8 heteroatoms. The maximum Gasteiger partial charge on any atom is 0.322 e. The first kappa shape index (κ1) is 15.6. The van der Waals surface area contributed by atoms with Gasteiger partial charge in [0, 0.05) is 5.69 Å². The molecule has 1 N–H and O–H groups in total. The van der Waals surface area contributed by atoms with Crippen LogP contribution in [-0.4, -0.2) is 28.7 Å². The van der Waals surface area contributed by atoms with Crippen molar-refractivity contribution in [2.45, 2.75) is 13.3 Å². The van der Waals surface area contributed by atoms with Gasteiger partial charge in [-0.25, -0.2) is 0 Å². The monoisotopic (exact) mass is 328 g/mol. The fourth-order valence-corrected chi connectivity index (χ4v) is 1.93. The Kier molecular flexibility index (Phi) is 5.41. The zero-order valence-electron chi connectivity index (χ0n) is 11.6. The van der Waals surface area contributed by atoms with Crippen LogP contribution in [0.1, 0.15) is 13.3 Å². The lowest BCUT2D eigenvalue weighted by Crippen LogP contribution is -2.04. The summed E-state index contributed by atoms with van der Waals surface area (Å²) in [6.07, 6.45) is 0.847. The van der Waals surface area contributed by atoms with Crippen molar-refractivity contribution >= 4 is 34.8 Å². The summed E-state index contributed by atoms with van der Waals surface area (Å²) < 4.78 is 10.4. The highest BCUT2D eigenvalue weighted by molar-refractivity contribution is 6.32. The lowest BCUT2D eigenvalue weighted by Gasteiger charge is -2.09. The number of hydrogen-bond donors (Lipinski definition) is 1. The van der Waals surface area contributed by atoms with Gasteiger partial charge in [0.15, 0.2) is 0 Å². The molecule has 0 aliphatic rings. The van der Waals surface area contributed by atoms with Gasteiger partial charge in [-0.2, -0.15) is 15.0 Å². The maximum absolute atomic E-state index is 6.06. The van der Waals surface area contributed by atoms with Crippen molar-refractivity contribution in [3.8, 4) is 11.8 Å². The number of halogens is 2. The third-order valence-corrected chi connectivity index (χ3v) is 2.90. The van der Waals surface area contributed by atoms with Crippen LogP contribution in [0.4, 0.5) is 11.6 Å². The molecule has 2 rings (SSSR count). The molecule has 1 aromatic heterocycles. The van der Waals surface area contributed by atoms with Crippen LogP contribution in [0.5, 0.6) is 11.8 Å². The lowest BCUT2D eigenvalue weighted by molar-refractivity contribution is 0.292. The molecule has 1 aromatic carbocycles. The van der Waals surface area contributed by atoms with Gasteiger partial charge in [0.2, 0.25) is 11.2 Å². The summed E-state index contributed by atoms with van der Waals surface area (Å²) in [5, 5.41) is 3.52. The van der Waals surface area contributed by atoms with E-state index < -0.39 is 0 Å². The van der Waals surface area contributed by atoms with Crippen LogP contribution in [0, 0.1) is 0 Å². The van der Waals surface area contributed by atoms with E-state index in [0.717, 1.165) is 6.42 Å². The Hall–Kier alpha value is -1.79. The van der Waals surface area contributed by atoms with Gasteiger partial charge in [0.25, 0.3) is 0 Å². The fourth-order valence-electron chi connectivity index (χ4n) is 1.52. The summed E-state index contributed by atoms with van der Waals surface area (Å²) in [6.45, 7) is 2.50. The molecular formula is C13H14Cl2N4O2. The second-order valence-electron chi connectivity index (χ2n) is 4.03. The fraction of sp³-hybridized carbons (Fsp3) is 0.308. The quantitative estimate of drug-likeness (QED) is 0.871. The summed E-state index contributed by atoms with van der Waals surface area (Å²) in [5.41, 5.74) is 0.699. The molecule has 0 saturated carbocycles. The van der Waals surface area contributed by atoms with Gasteiger partial charge in [-0.05, 0) is 36.2 Å². The zero-order valence-corrected chi connectivity index (χ0v) is 13.1. The minimum Gasteiger partial charge on any atom is -0.495 e. The number of methoxy groups -OCH3 is 1. The molecule has 0 bridgehead atoms. The molecule has 6 nitrogen and oxygen atoms in total. The standard InChI is InChI=1S/C13H14Cl2N4O2/c1-3-6-21-13-18-11(15)17-12(19-13)16-8-4-5-10(20-2)9(14)7-8/h4-5,7H,3,6H2,1-2H3,(H,16,17,18,19). The van der Waals surface area contributed by atoms with E-state index in [2.05, 4.69) is 20.3 Å². The van der Waals surface area contributed by atoms with Crippen LogP contribution in [0.2, 0.25) is 10.3 Å². The number of anilines is 2. The molecule has 0 radical (unpaired) electrons. The number of benzene rings is 1. The summed E-state index contributed by atoms with van der Waals surface area (Å²) in [5.74, 6) is 0.866. The van der Waals surface area contributed by atoms with Crippen molar-refractivity contribution in [1.29, 1.82) is 0 Å². The van der Waals surface area contributed by atoms with Gasteiger partial charge < -0.3 is 14.8 Å². The van der Waals surface area contributed by atoms with Gasteiger partial charge in [-0.1, -0.05) is 18.5 Å². The maximum atomic E-state index is 6.06. The van der Waals surface area contributed by atoms with E-state index in [1.807, 2.05) is 6.92 Å². The van der Waals surface area contributed by atoms with Gasteiger partial charge in [0.05, 0.1) is 18.7 Å². The summed E-state index contributed by atoms with van der Waals surface area (Å²) in [7, 11) is 1.55. The number of rotatable bonds is 6. The molecule has 112 valence electrons. The average Bonchev–Trinajstić information content (AvgIpc) is 2.45. The zero-order chi connectivity index (χ0) is 15.2. The second-order valence-corrected chi connectivity index (χ2v) is 4.78. The first-order chi connectivity index (χ1) is 10.1. The molecule has 0 spiro atoms. The predicted molar refractivity (Wildman–Crippen MR) is 81.9 cm³/mol. The van der Waals surface area contributed by atoms with Crippen molar-refractivity contribution in [1.82, 2.24) is 15.0 Å². The minimum atomic E-state index is 0.0539. The average molecular weight is 329 g/mol.